The van der Waals surface area contributed by atoms with Gasteiger partial charge in [0.15, 0.2) is 0 Å². The maximum Gasteiger partial charge on any atom is 0.387 e. The normalized spacial score (nSPS) is 19.9. The molecule has 1 saturated heterocycles. The summed E-state index contributed by atoms with van der Waals surface area (Å²) < 4.78 is 28.6. The summed E-state index contributed by atoms with van der Waals surface area (Å²) >= 11 is 0. The van der Waals surface area contributed by atoms with Gasteiger partial charge < -0.3 is 15.2 Å². The van der Waals surface area contributed by atoms with Crippen LogP contribution in [0.4, 0.5) is 8.78 Å². The van der Waals surface area contributed by atoms with Crippen molar-refractivity contribution in [2.45, 2.75) is 19.1 Å². The van der Waals surface area contributed by atoms with Crippen LogP contribution in [0, 0.1) is 0 Å². The van der Waals surface area contributed by atoms with Crippen molar-refractivity contribution in [1.29, 1.82) is 0 Å². The summed E-state index contributed by atoms with van der Waals surface area (Å²) in [6, 6.07) is 6.49. The molecule has 1 aromatic rings. The molecule has 6 heteroatoms. The highest BCUT2D eigenvalue weighted by Gasteiger charge is 2.33. The van der Waals surface area contributed by atoms with Crippen LogP contribution in [0.2, 0.25) is 0 Å². The predicted molar refractivity (Wildman–Crippen MR) is 72.0 cm³/mol. The van der Waals surface area contributed by atoms with Crippen LogP contribution in [0.15, 0.2) is 24.3 Å². The van der Waals surface area contributed by atoms with Gasteiger partial charge in [-0.05, 0) is 24.6 Å². The van der Waals surface area contributed by atoms with E-state index in [1.807, 2.05) is 6.92 Å². The van der Waals surface area contributed by atoms with Crippen LogP contribution < -0.4 is 10.1 Å². The molecule has 0 amide bonds. The Labute approximate surface area is 117 Å². The van der Waals surface area contributed by atoms with Crippen molar-refractivity contribution in [3.63, 3.8) is 0 Å². The minimum absolute atomic E-state index is 0.0257. The second-order valence-corrected chi connectivity index (χ2v) is 5.07. The molecule has 1 heterocycles. The molecule has 2 N–H and O–H groups in total. The van der Waals surface area contributed by atoms with Gasteiger partial charge in [-0.3, -0.25) is 4.90 Å². The number of nitrogens with zero attached hydrogens (tertiary/aromatic N) is 1. The van der Waals surface area contributed by atoms with E-state index in [1.165, 1.54) is 12.1 Å². The molecule has 1 unspecified atom stereocenters. The Bertz CT molecular complexity index is 422. The number of aliphatic hydroxyl groups excluding tert-OH is 1. The van der Waals surface area contributed by atoms with E-state index >= 15 is 0 Å². The quantitative estimate of drug-likeness (QED) is 0.859. The highest BCUT2D eigenvalue weighted by atomic mass is 19.3. The summed E-state index contributed by atoms with van der Waals surface area (Å²) in [6.07, 6.45) is 0. The van der Waals surface area contributed by atoms with E-state index in [9.17, 15) is 13.9 Å². The maximum absolute atomic E-state index is 12.1. The van der Waals surface area contributed by atoms with Crippen LogP contribution in [0.1, 0.15) is 12.5 Å². The highest BCUT2D eigenvalue weighted by molar-refractivity contribution is 5.32. The van der Waals surface area contributed by atoms with Gasteiger partial charge in [0.25, 0.3) is 0 Å². The zero-order chi connectivity index (χ0) is 14.6. The molecule has 4 nitrogen and oxygen atoms in total. The van der Waals surface area contributed by atoms with Gasteiger partial charge in [0, 0.05) is 26.2 Å². The molecule has 0 saturated carbocycles. The van der Waals surface area contributed by atoms with Crippen LogP contribution >= 0.6 is 0 Å². The number of ether oxygens (including phenoxy) is 1. The first-order chi connectivity index (χ1) is 9.56. The van der Waals surface area contributed by atoms with E-state index in [4.69, 9.17) is 0 Å². The van der Waals surface area contributed by atoms with E-state index in [0.29, 0.717) is 0 Å². The number of piperazine rings is 1. The van der Waals surface area contributed by atoms with E-state index in [1.54, 1.807) is 12.1 Å². The fourth-order valence-electron chi connectivity index (χ4n) is 2.53. The van der Waals surface area contributed by atoms with Crippen molar-refractivity contribution >= 4 is 0 Å². The molecule has 0 bridgehead atoms. The van der Waals surface area contributed by atoms with Crippen LogP contribution in [-0.2, 0) is 5.54 Å². The molecular weight excluding hydrogens is 266 g/mol. The Balaban J connectivity index is 2.17. The third kappa shape index (κ3) is 3.26. The average molecular weight is 286 g/mol. The number of benzene rings is 1. The Morgan fingerprint density at radius 3 is 2.40 bits per heavy atom. The van der Waals surface area contributed by atoms with Crippen LogP contribution in [0.25, 0.3) is 0 Å². The van der Waals surface area contributed by atoms with Crippen molar-refractivity contribution in [1.82, 2.24) is 10.2 Å². The molecule has 0 aliphatic carbocycles. The molecule has 1 atom stereocenters. The van der Waals surface area contributed by atoms with Crippen LogP contribution in [0.3, 0.4) is 0 Å². The lowest BCUT2D eigenvalue weighted by atomic mass is 9.90. The molecule has 1 fully saturated rings. The van der Waals surface area contributed by atoms with E-state index in [0.717, 1.165) is 31.7 Å². The molecule has 1 aliphatic heterocycles. The predicted octanol–water partition coefficient (Wildman–Crippen LogP) is 1.40. The Morgan fingerprint density at radius 2 is 1.90 bits per heavy atom. The summed E-state index contributed by atoms with van der Waals surface area (Å²) in [4.78, 5) is 2.20. The number of halogens is 2. The van der Waals surface area contributed by atoms with Gasteiger partial charge in [-0.15, -0.1) is 0 Å². The van der Waals surface area contributed by atoms with Crippen molar-refractivity contribution in [3.8, 4) is 5.75 Å². The van der Waals surface area contributed by atoms with Gasteiger partial charge in [0.1, 0.15) is 5.75 Å². The van der Waals surface area contributed by atoms with Crippen molar-refractivity contribution in [2.75, 3.05) is 32.8 Å². The van der Waals surface area contributed by atoms with Gasteiger partial charge in [-0.1, -0.05) is 12.1 Å². The van der Waals surface area contributed by atoms with Crippen LogP contribution in [0.5, 0.6) is 5.75 Å². The van der Waals surface area contributed by atoms with E-state index < -0.39 is 12.2 Å². The van der Waals surface area contributed by atoms with Gasteiger partial charge in [0.2, 0.25) is 0 Å². The lowest BCUT2D eigenvalue weighted by Gasteiger charge is -2.43. The molecule has 112 valence electrons. The van der Waals surface area contributed by atoms with E-state index in [-0.39, 0.29) is 12.4 Å². The van der Waals surface area contributed by atoms with Crippen molar-refractivity contribution < 1.29 is 18.6 Å². The first kappa shape index (κ1) is 15.2. The number of hydrogen-bond donors (Lipinski definition) is 2. The Morgan fingerprint density at radius 1 is 1.30 bits per heavy atom. The lowest BCUT2D eigenvalue weighted by molar-refractivity contribution is -0.0499. The molecule has 0 radical (unpaired) electrons. The fraction of sp³-hybridized carbons (Fsp3) is 0.571. The summed E-state index contributed by atoms with van der Waals surface area (Å²) in [5.74, 6) is 0.129. The second kappa shape index (κ2) is 6.47. The van der Waals surface area contributed by atoms with Crippen molar-refractivity contribution in [2.24, 2.45) is 0 Å². The topological polar surface area (TPSA) is 44.7 Å². The number of alkyl halides is 2. The van der Waals surface area contributed by atoms with Gasteiger partial charge in [-0.25, -0.2) is 0 Å². The Hall–Kier alpha value is -1.24. The maximum atomic E-state index is 12.1. The molecule has 2 rings (SSSR count). The third-order valence-corrected chi connectivity index (χ3v) is 3.82. The highest BCUT2D eigenvalue weighted by Crippen LogP contribution is 2.29. The largest absolute Gasteiger partial charge is 0.435 e. The zero-order valence-corrected chi connectivity index (χ0v) is 11.5. The fourth-order valence-corrected chi connectivity index (χ4v) is 2.53. The molecule has 1 aromatic carbocycles. The lowest BCUT2D eigenvalue weighted by Crippen LogP contribution is -2.54. The smallest absolute Gasteiger partial charge is 0.387 e. The minimum Gasteiger partial charge on any atom is -0.435 e. The van der Waals surface area contributed by atoms with E-state index in [2.05, 4.69) is 15.0 Å². The first-order valence-corrected chi connectivity index (χ1v) is 6.68. The molecule has 0 spiro atoms. The average Bonchev–Trinajstić information content (AvgIpc) is 2.47. The van der Waals surface area contributed by atoms with Crippen molar-refractivity contribution in [3.05, 3.63) is 29.8 Å². The van der Waals surface area contributed by atoms with Crippen LogP contribution in [-0.4, -0.2) is 49.4 Å². The number of nitrogens with one attached hydrogen (secondary N) is 1. The summed E-state index contributed by atoms with van der Waals surface area (Å²) in [5, 5.41) is 13.1. The summed E-state index contributed by atoms with van der Waals surface area (Å²) in [6.45, 7) is 2.55. The third-order valence-electron chi connectivity index (χ3n) is 3.82. The summed E-state index contributed by atoms with van der Waals surface area (Å²) in [5.41, 5.74) is 0.384. The van der Waals surface area contributed by atoms with Gasteiger partial charge in [0.05, 0.1) is 12.1 Å². The second-order valence-electron chi connectivity index (χ2n) is 5.07. The number of aliphatic hydroxyl groups is 1. The molecule has 1 aliphatic rings. The number of hydrogen-bond acceptors (Lipinski definition) is 4. The van der Waals surface area contributed by atoms with Gasteiger partial charge in [-0.2, -0.15) is 8.78 Å². The van der Waals surface area contributed by atoms with Gasteiger partial charge >= 0.3 is 6.61 Å². The molecule has 20 heavy (non-hydrogen) atoms. The first-order valence-electron chi connectivity index (χ1n) is 6.68. The standard InChI is InChI=1S/C14H20F2N2O2/c1-14(10-19,18-8-6-17-7-9-18)11-2-4-12(5-3-11)20-13(15)16/h2-5,13,17,19H,6-10H2,1H3. The summed E-state index contributed by atoms with van der Waals surface area (Å²) in [7, 11) is 0. The monoisotopic (exact) mass is 286 g/mol. The Kier molecular flexibility index (Phi) is 4.91. The zero-order valence-electron chi connectivity index (χ0n) is 11.5. The number of rotatable bonds is 5. The molecular formula is C14H20F2N2O2. The SMILES string of the molecule is CC(CO)(c1ccc(OC(F)F)cc1)N1CCNCC1. The minimum atomic E-state index is -2.82. The molecule has 0 aromatic heterocycles.